The topological polar surface area (TPSA) is 12.9 Å². The summed E-state index contributed by atoms with van der Waals surface area (Å²) in [6.45, 7) is 0. The monoisotopic (exact) mass is 321 g/mol. The van der Waals surface area contributed by atoms with Gasteiger partial charge in [0.25, 0.3) is 5.92 Å². The van der Waals surface area contributed by atoms with Crippen LogP contribution in [0.4, 0.5) is 13.2 Å². The zero-order valence-electron chi connectivity index (χ0n) is 6.20. The average molecular weight is 321 g/mol. The van der Waals surface area contributed by atoms with E-state index in [1.165, 1.54) is 22.6 Å². The zero-order chi connectivity index (χ0) is 10.1. The van der Waals surface area contributed by atoms with Gasteiger partial charge in [0.05, 0.1) is 9.45 Å². The van der Waals surface area contributed by atoms with E-state index in [2.05, 4.69) is 4.98 Å². The molecule has 1 nitrogen and oxygen atoms in total. The number of nitrogens with zero attached hydrogens (tertiary/aromatic N) is 1. The second-order valence-electron chi connectivity index (χ2n) is 2.32. The largest absolute Gasteiger partial charge is 0.298 e. The fourth-order valence-corrected chi connectivity index (χ4v) is 1.18. The maximum atomic E-state index is 12.9. The molecule has 0 radical (unpaired) electrons. The lowest BCUT2D eigenvalue weighted by Gasteiger charge is -2.11. The van der Waals surface area contributed by atoms with Crippen molar-refractivity contribution < 1.29 is 13.2 Å². The number of rotatable bonds is 2. The summed E-state index contributed by atoms with van der Waals surface area (Å²) in [7, 11) is 0. The minimum absolute atomic E-state index is 0.256. The Labute approximate surface area is 91.4 Å². The van der Waals surface area contributed by atoms with E-state index in [1.807, 2.05) is 0 Å². The normalized spacial score (nSPS) is 11.8. The highest BCUT2D eigenvalue weighted by molar-refractivity contribution is 14.1. The van der Waals surface area contributed by atoms with E-state index in [-0.39, 0.29) is 5.02 Å². The number of aromatic nitrogens is 1. The minimum atomic E-state index is -3.11. The van der Waals surface area contributed by atoms with Crippen LogP contribution in [-0.4, -0.2) is 9.41 Å². The quantitative estimate of drug-likeness (QED) is 0.601. The lowest BCUT2D eigenvalue weighted by molar-refractivity contribution is 0.0214. The van der Waals surface area contributed by atoms with Gasteiger partial charge in [0.15, 0.2) is 0 Å². The van der Waals surface area contributed by atoms with Crippen molar-refractivity contribution in [3.05, 3.63) is 28.8 Å². The highest BCUT2D eigenvalue weighted by Crippen LogP contribution is 2.29. The molecule has 0 aliphatic carbocycles. The first kappa shape index (κ1) is 11.0. The standard InChI is InChI=1S/C7H4ClF3IN/c8-4-2-13-6(1-5(4)9)7(10,11)3-12/h1-2H,3H2. The summed E-state index contributed by atoms with van der Waals surface area (Å²) in [6, 6.07) is 0.654. The summed E-state index contributed by atoms with van der Waals surface area (Å²) in [5.74, 6) is -3.98. The van der Waals surface area contributed by atoms with Gasteiger partial charge in [-0.15, -0.1) is 0 Å². The predicted molar refractivity (Wildman–Crippen MR) is 52.0 cm³/mol. The molecule has 0 saturated heterocycles. The van der Waals surface area contributed by atoms with Gasteiger partial charge in [0.1, 0.15) is 11.5 Å². The van der Waals surface area contributed by atoms with Gasteiger partial charge in [-0.1, -0.05) is 34.2 Å². The number of hydrogen-bond acceptors (Lipinski definition) is 1. The smallest absolute Gasteiger partial charge is 0.253 e. The van der Waals surface area contributed by atoms with Crippen LogP contribution in [0, 0.1) is 5.82 Å². The van der Waals surface area contributed by atoms with E-state index >= 15 is 0 Å². The molecule has 0 unspecified atom stereocenters. The van der Waals surface area contributed by atoms with Gasteiger partial charge in [-0.3, -0.25) is 4.98 Å². The van der Waals surface area contributed by atoms with Crippen LogP contribution in [-0.2, 0) is 5.92 Å². The molecule has 1 rings (SSSR count). The Hall–Kier alpha value is -0.0400. The molecule has 0 atom stereocenters. The van der Waals surface area contributed by atoms with Crippen LogP contribution in [0.25, 0.3) is 0 Å². The first-order valence-electron chi connectivity index (χ1n) is 3.22. The summed E-state index contributed by atoms with van der Waals surface area (Å²) < 4.78 is 38.1. The van der Waals surface area contributed by atoms with Gasteiger partial charge >= 0.3 is 0 Å². The summed E-state index contributed by atoms with van der Waals surface area (Å²) >= 11 is 6.80. The molecule has 1 aromatic rings. The molecule has 72 valence electrons. The molecule has 0 aromatic carbocycles. The summed E-state index contributed by atoms with van der Waals surface area (Å²) in [4.78, 5) is 3.35. The van der Waals surface area contributed by atoms with E-state index in [0.29, 0.717) is 6.07 Å². The molecule has 1 aromatic heterocycles. The molecule has 0 saturated carbocycles. The fourth-order valence-electron chi connectivity index (χ4n) is 0.683. The van der Waals surface area contributed by atoms with E-state index in [9.17, 15) is 13.2 Å². The third kappa shape index (κ3) is 2.46. The average Bonchev–Trinajstić information content (AvgIpc) is 2.09. The Bertz CT molecular complexity index is 319. The van der Waals surface area contributed by atoms with Gasteiger partial charge in [-0.2, -0.15) is 8.78 Å². The summed E-state index contributed by atoms with van der Waals surface area (Å²) in [5, 5.41) is -0.256. The highest BCUT2D eigenvalue weighted by atomic mass is 127. The summed E-state index contributed by atoms with van der Waals surface area (Å²) in [5.41, 5.74) is -0.594. The lowest BCUT2D eigenvalue weighted by Crippen LogP contribution is -2.17. The second-order valence-corrected chi connectivity index (χ2v) is 3.49. The molecule has 0 fully saturated rings. The van der Waals surface area contributed by atoms with Crippen LogP contribution in [0.1, 0.15) is 5.69 Å². The van der Waals surface area contributed by atoms with Crippen molar-refractivity contribution in [1.29, 1.82) is 0 Å². The Morgan fingerprint density at radius 2 is 2.15 bits per heavy atom. The van der Waals surface area contributed by atoms with Gasteiger partial charge < -0.3 is 0 Å². The molecule has 0 aliphatic heterocycles. The molecule has 13 heavy (non-hydrogen) atoms. The van der Waals surface area contributed by atoms with E-state index in [4.69, 9.17) is 11.6 Å². The van der Waals surface area contributed by atoms with E-state index in [1.54, 1.807) is 0 Å². The Morgan fingerprint density at radius 3 is 2.62 bits per heavy atom. The minimum Gasteiger partial charge on any atom is -0.253 e. The molecule has 6 heteroatoms. The van der Waals surface area contributed by atoms with Gasteiger partial charge in [-0.05, 0) is 0 Å². The highest BCUT2D eigenvalue weighted by Gasteiger charge is 2.32. The lowest BCUT2D eigenvalue weighted by atomic mass is 10.2. The third-order valence-electron chi connectivity index (χ3n) is 1.35. The molecule has 0 spiro atoms. The molecule has 1 heterocycles. The maximum Gasteiger partial charge on any atom is 0.298 e. The molecule has 0 amide bonds. The van der Waals surface area contributed by atoms with Gasteiger partial charge in [0, 0.05) is 12.3 Å². The van der Waals surface area contributed by atoms with Crippen LogP contribution in [0.3, 0.4) is 0 Å². The zero-order valence-corrected chi connectivity index (χ0v) is 9.11. The van der Waals surface area contributed by atoms with Crippen LogP contribution < -0.4 is 0 Å². The number of pyridine rings is 1. The van der Waals surface area contributed by atoms with Crippen molar-refractivity contribution in [2.24, 2.45) is 0 Å². The van der Waals surface area contributed by atoms with Crippen LogP contribution in [0.5, 0.6) is 0 Å². The Morgan fingerprint density at radius 1 is 1.54 bits per heavy atom. The van der Waals surface area contributed by atoms with Crippen molar-refractivity contribution in [3.63, 3.8) is 0 Å². The van der Waals surface area contributed by atoms with Crippen LogP contribution in [0.15, 0.2) is 12.3 Å². The molecule has 0 aliphatic rings. The SMILES string of the molecule is Fc1cc(C(F)(F)CI)ncc1Cl. The first-order chi connectivity index (χ1) is 5.97. The van der Waals surface area contributed by atoms with Crippen molar-refractivity contribution in [1.82, 2.24) is 4.98 Å². The second kappa shape index (κ2) is 4.00. The Kier molecular flexibility index (Phi) is 3.39. The van der Waals surface area contributed by atoms with Crippen molar-refractivity contribution in [2.45, 2.75) is 5.92 Å². The summed E-state index contributed by atoms with van der Waals surface area (Å²) in [6.07, 6.45) is 0.881. The fraction of sp³-hybridized carbons (Fsp3) is 0.286. The van der Waals surface area contributed by atoms with E-state index in [0.717, 1.165) is 6.20 Å². The van der Waals surface area contributed by atoms with Crippen molar-refractivity contribution >= 4 is 34.2 Å². The number of alkyl halides is 3. The molecular weight excluding hydrogens is 317 g/mol. The van der Waals surface area contributed by atoms with Crippen molar-refractivity contribution in [2.75, 3.05) is 4.43 Å². The van der Waals surface area contributed by atoms with Gasteiger partial charge in [-0.25, -0.2) is 4.39 Å². The molecular formula is C7H4ClF3IN. The maximum absolute atomic E-state index is 12.9. The first-order valence-corrected chi connectivity index (χ1v) is 5.13. The molecule has 0 N–H and O–H groups in total. The van der Waals surface area contributed by atoms with Crippen LogP contribution >= 0.6 is 34.2 Å². The number of hydrogen-bond donors (Lipinski definition) is 0. The van der Waals surface area contributed by atoms with E-state index < -0.39 is 21.9 Å². The predicted octanol–water partition coefficient (Wildman–Crippen LogP) is 3.40. The molecule has 0 bridgehead atoms. The van der Waals surface area contributed by atoms with Crippen LogP contribution in [0.2, 0.25) is 5.02 Å². The van der Waals surface area contributed by atoms with Crippen molar-refractivity contribution in [3.8, 4) is 0 Å². The third-order valence-corrected chi connectivity index (χ3v) is 2.59. The number of halogens is 5. The Balaban J connectivity index is 3.10. The van der Waals surface area contributed by atoms with Gasteiger partial charge in [0.2, 0.25) is 0 Å².